The van der Waals surface area contributed by atoms with Crippen LogP contribution in [0.25, 0.3) is 0 Å². The van der Waals surface area contributed by atoms with E-state index in [2.05, 4.69) is 5.32 Å². The van der Waals surface area contributed by atoms with Crippen molar-refractivity contribution in [2.45, 2.75) is 45.4 Å². The molecule has 5 heteroatoms. The van der Waals surface area contributed by atoms with Gasteiger partial charge in [0.25, 0.3) is 5.91 Å². The predicted molar refractivity (Wildman–Crippen MR) is 119 cm³/mol. The summed E-state index contributed by atoms with van der Waals surface area (Å²) in [5, 5.41) is 12.3. The number of carbonyl (C=O) groups is 2. The number of benzene rings is 2. The first kappa shape index (κ1) is 23.2. The Morgan fingerprint density at radius 1 is 1.13 bits per heavy atom. The van der Waals surface area contributed by atoms with E-state index in [0.717, 1.165) is 11.8 Å². The molecule has 0 aromatic heterocycles. The molecule has 5 nitrogen and oxygen atoms in total. The Hall–Kier alpha value is -3.08. The third-order valence-electron chi connectivity index (χ3n) is 5.29. The number of hydrogen-bond acceptors (Lipinski definition) is 4. The standard InChI is InChI=1S/C23H25NO4.C2H6/c1-2-28-21-11-7-6-10-19(21)22(27)24-16-23(18-8-4-3-5-9-18)13-12-17(15-25)20(26)14-23;1-2/h3-11,15,25H,2,12-14,16H2,1H3,(H,24,27);1-2H3/b17-15-;. The third-order valence-corrected chi connectivity index (χ3v) is 5.29. The maximum atomic E-state index is 12.8. The molecule has 30 heavy (non-hydrogen) atoms. The summed E-state index contributed by atoms with van der Waals surface area (Å²) in [5.74, 6) is 0.235. The maximum absolute atomic E-state index is 12.8. The zero-order chi connectivity index (χ0) is 22.0. The van der Waals surface area contributed by atoms with E-state index in [4.69, 9.17) is 4.74 Å². The highest BCUT2D eigenvalue weighted by atomic mass is 16.5. The molecule has 160 valence electrons. The second-order valence-corrected chi connectivity index (χ2v) is 7.01. The highest BCUT2D eigenvalue weighted by molar-refractivity contribution is 5.98. The van der Waals surface area contributed by atoms with Crippen molar-refractivity contribution in [1.29, 1.82) is 0 Å². The monoisotopic (exact) mass is 409 g/mol. The number of para-hydroxylation sites is 1. The van der Waals surface area contributed by atoms with Crippen molar-refractivity contribution in [2.75, 3.05) is 13.2 Å². The van der Waals surface area contributed by atoms with Gasteiger partial charge in [0, 0.05) is 24.0 Å². The van der Waals surface area contributed by atoms with Gasteiger partial charge in [-0.3, -0.25) is 9.59 Å². The van der Waals surface area contributed by atoms with E-state index >= 15 is 0 Å². The minimum absolute atomic E-state index is 0.0819. The number of Topliss-reactive ketones (excluding diaryl/α,β-unsaturated/α-hetero) is 1. The molecule has 0 aliphatic heterocycles. The molecule has 2 aromatic carbocycles. The lowest BCUT2D eigenvalue weighted by Crippen LogP contribution is -2.44. The zero-order valence-electron chi connectivity index (χ0n) is 18.0. The van der Waals surface area contributed by atoms with Crippen LogP contribution in [0.15, 0.2) is 66.4 Å². The number of amides is 1. The molecule has 0 spiro atoms. The summed E-state index contributed by atoms with van der Waals surface area (Å²) in [6.45, 7) is 6.68. The molecule has 1 unspecified atom stereocenters. The second-order valence-electron chi connectivity index (χ2n) is 7.01. The van der Waals surface area contributed by atoms with Gasteiger partial charge in [0.15, 0.2) is 5.78 Å². The molecule has 0 heterocycles. The summed E-state index contributed by atoms with van der Waals surface area (Å²) in [7, 11) is 0. The lowest BCUT2D eigenvalue weighted by molar-refractivity contribution is -0.118. The van der Waals surface area contributed by atoms with Crippen LogP contribution in [0.5, 0.6) is 5.75 Å². The summed E-state index contributed by atoms with van der Waals surface area (Å²) >= 11 is 0. The first-order valence-electron chi connectivity index (χ1n) is 10.5. The topological polar surface area (TPSA) is 75.6 Å². The van der Waals surface area contributed by atoms with Crippen molar-refractivity contribution in [2.24, 2.45) is 0 Å². The fourth-order valence-electron chi connectivity index (χ4n) is 3.73. The molecule has 1 fully saturated rings. The lowest BCUT2D eigenvalue weighted by Gasteiger charge is -2.38. The number of nitrogens with one attached hydrogen (secondary N) is 1. The highest BCUT2D eigenvalue weighted by Crippen LogP contribution is 2.39. The summed E-state index contributed by atoms with van der Waals surface area (Å²) in [5.41, 5.74) is 1.44. The van der Waals surface area contributed by atoms with E-state index in [0.29, 0.717) is 42.9 Å². The van der Waals surface area contributed by atoms with Crippen LogP contribution in [0, 0.1) is 0 Å². The average Bonchev–Trinajstić information content (AvgIpc) is 2.80. The second kappa shape index (κ2) is 11.2. The van der Waals surface area contributed by atoms with E-state index < -0.39 is 5.41 Å². The number of rotatable bonds is 6. The summed E-state index contributed by atoms with van der Waals surface area (Å²) in [4.78, 5) is 25.3. The Morgan fingerprint density at radius 3 is 2.43 bits per heavy atom. The Kier molecular flexibility index (Phi) is 8.66. The average molecular weight is 410 g/mol. The highest BCUT2D eigenvalue weighted by Gasteiger charge is 2.39. The fraction of sp³-hybridized carbons (Fsp3) is 0.360. The summed E-state index contributed by atoms with van der Waals surface area (Å²) in [6, 6.07) is 16.9. The van der Waals surface area contributed by atoms with Gasteiger partial charge in [0.2, 0.25) is 0 Å². The summed E-state index contributed by atoms with van der Waals surface area (Å²) in [6.07, 6.45) is 2.31. The van der Waals surface area contributed by atoms with Crippen molar-refractivity contribution in [3.63, 3.8) is 0 Å². The molecule has 2 N–H and O–H groups in total. The molecular weight excluding hydrogens is 378 g/mol. The normalized spacial score (nSPS) is 19.6. The van der Waals surface area contributed by atoms with E-state index in [1.165, 1.54) is 0 Å². The number of aliphatic hydroxyl groups is 1. The molecule has 0 bridgehead atoms. The van der Waals surface area contributed by atoms with Crippen LogP contribution in [0.2, 0.25) is 0 Å². The minimum Gasteiger partial charge on any atom is -0.515 e. The largest absolute Gasteiger partial charge is 0.515 e. The van der Waals surface area contributed by atoms with Crippen LogP contribution < -0.4 is 10.1 Å². The molecule has 0 radical (unpaired) electrons. The van der Waals surface area contributed by atoms with E-state index in [1.54, 1.807) is 18.2 Å². The lowest BCUT2D eigenvalue weighted by atomic mass is 9.67. The number of allylic oxidation sites excluding steroid dienone is 1. The van der Waals surface area contributed by atoms with Crippen LogP contribution >= 0.6 is 0 Å². The van der Waals surface area contributed by atoms with Gasteiger partial charge in [-0.2, -0.15) is 0 Å². The van der Waals surface area contributed by atoms with Gasteiger partial charge >= 0.3 is 0 Å². The molecule has 1 aliphatic rings. The molecule has 0 saturated heterocycles. The zero-order valence-corrected chi connectivity index (χ0v) is 18.0. The van der Waals surface area contributed by atoms with Gasteiger partial charge in [-0.15, -0.1) is 0 Å². The van der Waals surface area contributed by atoms with Gasteiger partial charge in [0.05, 0.1) is 18.4 Å². The maximum Gasteiger partial charge on any atom is 0.255 e. The number of ether oxygens (including phenoxy) is 1. The van der Waals surface area contributed by atoms with Gasteiger partial charge in [-0.25, -0.2) is 0 Å². The molecule has 3 rings (SSSR count). The van der Waals surface area contributed by atoms with Gasteiger partial charge in [0.1, 0.15) is 5.75 Å². The van der Waals surface area contributed by atoms with E-state index in [-0.39, 0.29) is 18.1 Å². The van der Waals surface area contributed by atoms with Crippen LogP contribution in [-0.2, 0) is 10.2 Å². The molecule has 1 amide bonds. The Morgan fingerprint density at radius 2 is 1.80 bits per heavy atom. The van der Waals surface area contributed by atoms with Crippen LogP contribution in [0.3, 0.4) is 0 Å². The number of aliphatic hydroxyl groups excluding tert-OH is 1. The number of hydrogen-bond donors (Lipinski definition) is 2. The fourth-order valence-corrected chi connectivity index (χ4v) is 3.73. The molecule has 1 atom stereocenters. The van der Waals surface area contributed by atoms with Gasteiger partial charge in [-0.1, -0.05) is 56.3 Å². The Bertz CT molecular complexity index is 876. The van der Waals surface area contributed by atoms with E-state index in [1.807, 2.05) is 57.2 Å². The van der Waals surface area contributed by atoms with Gasteiger partial charge in [-0.05, 0) is 37.5 Å². The van der Waals surface area contributed by atoms with Crippen LogP contribution in [-0.4, -0.2) is 29.9 Å². The van der Waals surface area contributed by atoms with Crippen molar-refractivity contribution < 1.29 is 19.4 Å². The SMILES string of the molecule is CC.CCOc1ccccc1C(=O)NCC1(c2ccccc2)CC/C(=C/O)C(=O)C1. The Labute approximate surface area is 178 Å². The van der Waals surface area contributed by atoms with Crippen LogP contribution in [0.1, 0.15) is 56.0 Å². The first-order valence-corrected chi connectivity index (χ1v) is 10.5. The summed E-state index contributed by atoms with van der Waals surface area (Å²) < 4.78 is 5.56. The smallest absolute Gasteiger partial charge is 0.255 e. The van der Waals surface area contributed by atoms with Crippen molar-refractivity contribution >= 4 is 11.7 Å². The Balaban J connectivity index is 0.00000155. The minimum atomic E-state index is -0.499. The van der Waals surface area contributed by atoms with Crippen molar-refractivity contribution in [1.82, 2.24) is 5.32 Å². The predicted octanol–water partition coefficient (Wildman–Crippen LogP) is 4.97. The molecule has 2 aromatic rings. The van der Waals surface area contributed by atoms with Crippen molar-refractivity contribution in [3.8, 4) is 5.75 Å². The van der Waals surface area contributed by atoms with Crippen LogP contribution in [0.4, 0.5) is 0 Å². The number of carbonyl (C=O) groups excluding carboxylic acids is 2. The number of ketones is 1. The van der Waals surface area contributed by atoms with Crippen molar-refractivity contribution in [3.05, 3.63) is 77.6 Å². The van der Waals surface area contributed by atoms with E-state index in [9.17, 15) is 14.7 Å². The molecule has 1 saturated carbocycles. The third kappa shape index (κ3) is 5.29. The molecular formula is C25H31NO4. The molecule has 1 aliphatic carbocycles. The quantitative estimate of drug-likeness (QED) is 0.521. The van der Waals surface area contributed by atoms with Gasteiger partial charge < -0.3 is 15.2 Å². The first-order chi connectivity index (χ1) is 14.6.